The molecule has 0 amide bonds. The molecule has 0 aliphatic heterocycles. The molecule has 0 fully saturated rings. The summed E-state index contributed by atoms with van der Waals surface area (Å²) in [6, 6.07) is 11.8. The Hall–Kier alpha value is -1.90. The van der Waals surface area contributed by atoms with Crippen molar-refractivity contribution in [2.75, 3.05) is 0 Å². The van der Waals surface area contributed by atoms with E-state index in [4.69, 9.17) is 5.26 Å². The number of allylic oxidation sites excluding steroid dienone is 1. The molecule has 2 aromatic rings. The number of aryl methyl sites for hydroxylation is 1. The van der Waals surface area contributed by atoms with Crippen LogP contribution in [0.1, 0.15) is 10.4 Å². The highest BCUT2D eigenvalue weighted by Crippen LogP contribution is 2.23. The molecule has 0 N–H and O–H groups in total. The fourth-order valence-electron chi connectivity index (χ4n) is 1.52. The van der Waals surface area contributed by atoms with Crippen LogP contribution in [0.2, 0.25) is 0 Å². The van der Waals surface area contributed by atoms with Crippen molar-refractivity contribution in [1.82, 2.24) is 0 Å². The number of nitrogens with zero attached hydrogens (tertiary/aromatic N) is 1. The maximum atomic E-state index is 12.3. The van der Waals surface area contributed by atoms with E-state index in [-0.39, 0.29) is 9.80 Å². The van der Waals surface area contributed by atoms with Crippen LogP contribution in [0.25, 0.3) is 6.08 Å². The molecule has 1 heterocycles. The van der Waals surface area contributed by atoms with Gasteiger partial charge in [0, 0.05) is 4.88 Å². The molecular weight excluding hydrogens is 278 g/mol. The molecule has 0 spiro atoms. The number of thiophene rings is 1. The Balaban J connectivity index is 2.49. The largest absolute Gasteiger partial charge is 0.218 e. The Labute approximate surface area is 116 Å². The first-order valence-corrected chi connectivity index (χ1v) is 7.87. The second-order valence-corrected chi connectivity index (χ2v) is 6.85. The first-order chi connectivity index (χ1) is 9.04. The summed E-state index contributed by atoms with van der Waals surface area (Å²) in [5.41, 5.74) is 0.972. The van der Waals surface area contributed by atoms with E-state index in [2.05, 4.69) is 0 Å². The molecule has 1 aromatic heterocycles. The molecule has 19 heavy (non-hydrogen) atoms. The number of hydrogen-bond acceptors (Lipinski definition) is 4. The van der Waals surface area contributed by atoms with Crippen LogP contribution >= 0.6 is 11.3 Å². The maximum Gasteiger partial charge on any atom is 0.216 e. The lowest BCUT2D eigenvalue weighted by molar-refractivity contribution is 0.603. The van der Waals surface area contributed by atoms with Crippen LogP contribution in [0.15, 0.2) is 51.6 Å². The van der Waals surface area contributed by atoms with E-state index in [1.165, 1.54) is 29.5 Å². The quantitative estimate of drug-likeness (QED) is 0.814. The average molecular weight is 289 g/mol. The molecule has 96 valence electrons. The summed E-state index contributed by atoms with van der Waals surface area (Å²) in [6.07, 6.45) is 1.40. The Kier molecular flexibility index (Phi) is 3.84. The lowest BCUT2D eigenvalue weighted by atomic mass is 10.2. The minimum absolute atomic E-state index is 0.141. The lowest BCUT2D eigenvalue weighted by Gasteiger charge is -2.03. The van der Waals surface area contributed by atoms with E-state index in [9.17, 15) is 8.42 Å². The SMILES string of the molecule is Cc1ccc(S(=O)(=O)/C(C#N)=C\c2cccs2)cc1. The van der Waals surface area contributed by atoms with E-state index in [1.807, 2.05) is 18.4 Å². The summed E-state index contributed by atoms with van der Waals surface area (Å²) in [4.78, 5) is 0.647. The molecular formula is C14H11NO2S2. The van der Waals surface area contributed by atoms with Gasteiger partial charge in [0.1, 0.15) is 6.07 Å². The average Bonchev–Trinajstić information content (AvgIpc) is 2.89. The predicted octanol–water partition coefficient (Wildman–Crippen LogP) is 3.39. The highest BCUT2D eigenvalue weighted by atomic mass is 32.2. The fraction of sp³-hybridized carbons (Fsp3) is 0.0714. The molecule has 0 radical (unpaired) electrons. The van der Waals surface area contributed by atoms with Gasteiger partial charge in [0.15, 0.2) is 4.91 Å². The summed E-state index contributed by atoms with van der Waals surface area (Å²) in [5, 5.41) is 10.9. The van der Waals surface area contributed by atoms with Gasteiger partial charge >= 0.3 is 0 Å². The van der Waals surface area contributed by atoms with Crippen LogP contribution in [0, 0.1) is 18.3 Å². The van der Waals surface area contributed by atoms with Crippen LogP contribution in [0.4, 0.5) is 0 Å². The van der Waals surface area contributed by atoms with Crippen molar-refractivity contribution >= 4 is 27.3 Å². The predicted molar refractivity (Wildman–Crippen MR) is 76.3 cm³/mol. The molecule has 5 heteroatoms. The van der Waals surface area contributed by atoms with E-state index < -0.39 is 9.84 Å². The van der Waals surface area contributed by atoms with E-state index in [1.54, 1.807) is 24.3 Å². The third kappa shape index (κ3) is 2.92. The fourth-order valence-corrected chi connectivity index (χ4v) is 3.40. The molecule has 0 saturated heterocycles. The van der Waals surface area contributed by atoms with Gasteiger partial charge in [-0.15, -0.1) is 11.3 Å². The van der Waals surface area contributed by atoms with Gasteiger partial charge in [0.05, 0.1) is 4.90 Å². The Morgan fingerprint density at radius 1 is 1.26 bits per heavy atom. The standard InChI is InChI=1S/C14H11NO2S2/c1-11-4-6-13(7-5-11)19(16,17)14(10-15)9-12-3-2-8-18-12/h2-9H,1H3/b14-9-. The van der Waals surface area contributed by atoms with E-state index in [0.29, 0.717) is 0 Å². The number of hydrogen-bond donors (Lipinski definition) is 0. The third-order valence-electron chi connectivity index (χ3n) is 2.55. The Morgan fingerprint density at radius 2 is 1.95 bits per heavy atom. The van der Waals surface area contributed by atoms with Crippen molar-refractivity contribution in [2.45, 2.75) is 11.8 Å². The molecule has 0 aliphatic carbocycles. The van der Waals surface area contributed by atoms with Crippen molar-refractivity contribution in [2.24, 2.45) is 0 Å². The number of benzene rings is 1. The third-order valence-corrected chi connectivity index (χ3v) is 5.05. The van der Waals surface area contributed by atoms with Gasteiger partial charge in [-0.1, -0.05) is 23.8 Å². The summed E-state index contributed by atoms with van der Waals surface area (Å²) in [7, 11) is -3.74. The van der Waals surface area contributed by atoms with Crippen molar-refractivity contribution in [3.05, 3.63) is 57.1 Å². The van der Waals surface area contributed by atoms with Gasteiger partial charge in [0.25, 0.3) is 0 Å². The van der Waals surface area contributed by atoms with Gasteiger partial charge in [-0.25, -0.2) is 8.42 Å². The number of rotatable bonds is 3. The van der Waals surface area contributed by atoms with Crippen LogP contribution in [0.3, 0.4) is 0 Å². The molecule has 0 aliphatic rings. The highest BCUT2D eigenvalue weighted by Gasteiger charge is 2.20. The topological polar surface area (TPSA) is 57.9 Å². The van der Waals surface area contributed by atoms with E-state index in [0.717, 1.165) is 10.4 Å². The normalized spacial score (nSPS) is 12.1. The number of nitriles is 1. The number of sulfone groups is 1. The minimum atomic E-state index is -3.74. The van der Waals surface area contributed by atoms with Crippen LogP contribution in [0.5, 0.6) is 0 Å². The molecule has 0 bridgehead atoms. The van der Waals surface area contributed by atoms with Gasteiger partial charge < -0.3 is 0 Å². The molecule has 2 rings (SSSR count). The van der Waals surface area contributed by atoms with Gasteiger partial charge in [-0.2, -0.15) is 5.26 Å². The van der Waals surface area contributed by atoms with E-state index >= 15 is 0 Å². The Morgan fingerprint density at radius 3 is 2.47 bits per heavy atom. The van der Waals surface area contributed by atoms with Crippen LogP contribution in [-0.2, 0) is 9.84 Å². The monoisotopic (exact) mass is 289 g/mol. The summed E-state index contributed by atoms with van der Waals surface area (Å²) < 4.78 is 24.6. The van der Waals surface area contributed by atoms with Crippen molar-refractivity contribution < 1.29 is 8.42 Å². The Bertz CT molecular complexity index is 734. The van der Waals surface area contributed by atoms with Crippen LogP contribution < -0.4 is 0 Å². The second-order valence-electron chi connectivity index (χ2n) is 3.95. The molecule has 1 aromatic carbocycles. The minimum Gasteiger partial charge on any atom is -0.218 e. The zero-order chi connectivity index (χ0) is 13.9. The first kappa shape index (κ1) is 13.5. The molecule has 0 atom stereocenters. The van der Waals surface area contributed by atoms with Crippen molar-refractivity contribution in [3.63, 3.8) is 0 Å². The lowest BCUT2D eigenvalue weighted by Crippen LogP contribution is -2.03. The summed E-state index contributed by atoms with van der Waals surface area (Å²) in [5.74, 6) is 0. The maximum absolute atomic E-state index is 12.3. The van der Waals surface area contributed by atoms with Gasteiger partial charge in [-0.05, 0) is 36.6 Å². The zero-order valence-corrected chi connectivity index (χ0v) is 11.8. The molecule has 0 saturated carbocycles. The van der Waals surface area contributed by atoms with Crippen molar-refractivity contribution in [3.8, 4) is 6.07 Å². The van der Waals surface area contributed by atoms with Crippen LogP contribution in [-0.4, -0.2) is 8.42 Å². The van der Waals surface area contributed by atoms with Gasteiger partial charge in [-0.3, -0.25) is 0 Å². The summed E-state index contributed by atoms with van der Waals surface area (Å²) >= 11 is 1.39. The zero-order valence-electron chi connectivity index (χ0n) is 10.2. The smallest absolute Gasteiger partial charge is 0.216 e. The van der Waals surface area contributed by atoms with Crippen molar-refractivity contribution in [1.29, 1.82) is 5.26 Å². The second kappa shape index (κ2) is 5.39. The summed E-state index contributed by atoms with van der Waals surface area (Å²) in [6.45, 7) is 1.88. The molecule has 0 unspecified atom stereocenters. The first-order valence-electron chi connectivity index (χ1n) is 5.51. The van der Waals surface area contributed by atoms with Gasteiger partial charge in [0.2, 0.25) is 9.84 Å². The molecule has 3 nitrogen and oxygen atoms in total. The highest BCUT2D eigenvalue weighted by molar-refractivity contribution is 7.95.